The minimum Gasteiger partial charge on any atom is -0.319 e. The van der Waals surface area contributed by atoms with E-state index >= 15 is 0 Å². The van der Waals surface area contributed by atoms with Gasteiger partial charge in [0.15, 0.2) is 0 Å². The molecule has 2 N–H and O–H groups in total. The van der Waals surface area contributed by atoms with E-state index in [1.54, 1.807) is 6.20 Å². The third kappa shape index (κ3) is 2.77. The van der Waals surface area contributed by atoms with E-state index in [0.717, 1.165) is 21.4 Å². The molecule has 1 unspecified atom stereocenters. The first-order valence-corrected chi connectivity index (χ1v) is 7.57. The molecule has 0 spiro atoms. The first-order valence-electron chi connectivity index (χ1n) is 6.78. The number of nitrogens with zero attached hydrogens (tertiary/aromatic N) is 2. The van der Waals surface area contributed by atoms with Crippen LogP contribution in [0.1, 0.15) is 22.9 Å². The summed E-state index contributed by atoms with van der Waals surface area (Å²) in [6.45, 7) is 2.06. The van der Waals surface area contributed by atoms with Crippen molar-refractivity contribution in [3.63, 3.8) is 0 Å². The summed E-state index contributed by atoms with van der Waals surface area (Å²) in [7, 11) is 0. The average molecular weight is 342 g/mol. The SMILES string of the molecule is Cc1ccc(C(N)c2ccnn2-c2ccccc2)cc1Br. The Morgan fingerprint density at radius 3 is 2.57 bits per heavy atom. The van der Waals surface area contributed by atoms with Gasteiger partial charge in [0.05, 0.1) is 17.4 Å². The Balaban J connectivity index is 2.01. The highest BCUT2D eigenvalue weighted by Gasteiger charge is 2.15. The zero-order chi connectivity index (χ0) is 14.8. The molecule has 1 heterocycles. The van der Waals surface area contributed by atoms with Crippen LogP contribution in [-0.2, 0) is 0 Å². The number of nitrogens with two attached hydrogens (primary N) is 1. The molecule has 0 fully saturated rings. The second-order valence-electron chi connectivity index (χ2n) is 4.99. The quantitative estimate of drug-likeness (QED) is 0.782. The van der Waals surface area contributed by atoms with Crippen molar-refractivity contribution in [2.75, 3.05) is 0 Å². The number of halogens is 1. The minimum absolute atomic E-state index is 0.218. The van der Waals surface area contributed by atoms with Crippen LogP contribution in [0.3, 0.4) is 0 Å². The van der Waals surface area contributed by atoms with Gasteiger partial charge in [-0.2, -0.15) is 5.10 Å². The number of hydrogen-bond donors (Lipinski definition) is 1. The molecular formula is C17H16BrN3. The van der Waals surface area contributed by atoms with E-state index in [-0.39, 0.29) is 6.04 Å². The first-order chi connectivity index (χ1) is 10.2. The van der Waals surface area contributed by atoms with E-state index in [9.17, 15) is 0 Å². The molecule has 1 atom stereocenters. The van der Waals surface area contributed by atoms with Crippen LogP contribution in [-0.4, -0.2) is 9.78 Å². The molecule has 106 valence electrons. The van der Waals surface area contributed by atoms with Crippen LogP contribution < -0.4 is 5.73 Å². The monoisotopic (exact) mass is 341 g/mol. The van der Waals surface area contributed by atoms with Crippen LogP contribution in [0.5, 0.6) is 0 Å². The third-order valence-corrected chi connectivity index (χ3v) is 4.40. The Labute approximate surface area is 132 Å². The van der Waals surface area contributed by atoms with Gasteiger partial charge in [-0.25, -0.2) is 4.68 Å². The van der Waals surface area contributed by atoms with Crippen molar-refractivity contribution in [1.29, 1.82) is 0 Å². The number of rotatable bonds is 3. The van der Waals surface area contributed by atoms with Gasteiger partial charge < -0.3 is 5.73 Å². The summed E-state index contributed by atoms with van der Waals surface area (Å²) in [5.74, 6) is 0. The predicted molar refractivity (Wildman–Crippen MR) is 88.5 cm³/mol. The number of hydrogen-bond acceptors (Lipinski definition) is 2. The topological polar surface area (TPSA) is 43.8 Å². The molecule has 0 bridgehead atoms. The standard InChI is InChI=1S/C17H16BrN3/c1-12-7-8-13(11-15(12)18)17(19)16-9-10-20-21(16)14-5-3-2-4-6-14/h2-11,17H,19H2,1H3. The van der Waals surface area contributed by atoms with Gasteiger partial charge in [0, 0.05) is 10.7 Å². The molecule has 2 aromatic carbocycles. The lowest BCUT2D eigenvalue weighted by molar-refractivity contribution is 0.739. The summed E-state index contributed by atoms with van der Waals surface area (Å²) in [6, 6.07) is 18.0. The summed E-state index contributed by atoms with van der Waals surface area (Å²) in [5.41, 5.74) is 10.7. The molecule has 3 rings (SSSR count). The van der Waals surface area contributed by atoms with Crippen molar-refractivity contribution >= 4 is 15.9 Å². The normalized spacial score (nSPS) is 12.3. The fourth-order valence-corrected chi connectivity index (χ4v) is 2.70. The maximum absolute atomic E-state index is 6.44. The Morgan fingerprint density at radius 2 is 1.86 bits per heavy atom. The Kier molecular flexibility index (Phi) is 3.90. The van der Waals surface area contributed by atoms with E-state index in [1.165, 1.54) is 5.56 Å². The second-order valence-corrected chi connectivity index (χ2v) is 5.84. The van der Waals surface area contributed by atoms with Gasteiger partial charge >= 0.3 is 0 Å². The smallest absolute Gasteiger partial charge is 0.0728 e. The second kappa shape index (κ2) is 5.84. The maximum atomic E-state index is 6.44. The summed E-state index contributed by atoms with van der Waals surface area (Å²) < 4.78 is 2.96. The lowest BCUT2D eigenvalue weighted by Gasteiger charge is -2.15. The molecule has 0 radical (unpaired) electrons. The van der Waals surface area contributed by atoms with E-state index < -0.39 is 0 Å². The van der Waals surface area contributed by atoms with Gasteiger partial charge in [-0.05, 0) is 42.3 Å². The van der Waals surface area contributed by atoms with Crippen molar-refractivity contribution in [1.82, 2.24) is 9.78 Å². The predicted octanol–water partition coefficient (Wildman–Crippen LogP) is 3.99. The number of aryl methyl sites for hydroxylation is 1. The number of para-hydroxylation sites is 1. The van der Waals surface area contributed by atoms with Crippen LogP contribution >= 0.6 is 15.9 Å². The molecule has 0 aliphatic rings. The first kappa shape index (κ1) is 14.0. The molecule has 0 amide bonds. The Morgan fingerprint density at radius 1 is 1.10 bits per heavy atom. The summed E-state index contributed by atoms with van der Waals surface area (Å²) in [4.78, 5) is 0. The zero-order valence-electron chi connectivity index (χ0n) is 11.7. The van der Waals surface area contributed by atoms with Gasteiger partial charge in [-0.3, -0.25) is 0 Å². The fraction of sp³-hybridized carbons (Fsp3) is 0.118. The number of aromatic nitrogens is 2. The Hall–Kier alpha value is -1.91. The van der Waals surface area contributed by atoms with Crippen LogP contribution in [0, 0.1) is 6.92 Å². The van der Waals surface area contributed by atoms with Crippen LogP contribution in [0.2, 0.25) is 0 Å². The molecular weight excluding hydrogens is 326 g/mol. The van der Waals surface area contributed by atoms with Gasteiger partial charge in [-0.1, -0.05) is 46.3 Å². The lowest BCUT2D eigenvalue weighted by Crippen LogP contribution is -2.16. The molecule has 0 saturated carbocycles. The highest BCUT2D eigenvalue weighted by atomic mass is 79.9. The Bertz CT molecular complexity index is 750. The van der Waals surface area contributed by atoms with Crippen LogP contribution in [0.4, 0.5) is 0 Å². The number of benzene rings is 2. The molecule has 3 aromatic rings. The summed E-state index contributed by atoms with van der Waals surface area (Å²) >= 11 is 3.56. The molecule has 0 saturated heterocycles. The van der Waals surface area contributed by atoms with Crippen LogP contribution in [0.15, 0.2) is 65.3 Å². The molecule has 4 heteroatoms. The third-order valence-electron chi connectivity index (χ3n) is 3.55. The summed E-state index contributed by atoms with van der Waals surface area (Å²) in [5, 5.41) is 4.40. The van der Waals surface area contributed by atoms with Gasteiger partial charge in [0.2, 0.25) is 0 Å². The van der Waals surface area contributed by atoms with E-state index in [4.69, 9.17) is 5.73 Å². The highest BCUT2D eigenvalue weighted by Crippen LogP contribution is 2.26. The van der Waals surface area contributed by atoms with Gasteiger partial charge in [0.1, 0.15) is 0 Å². The van der Waals surface area contributed by atoms with E-state index in [2.05, 4.69) is 46.2 Å². The van der Waals surface area contributed by atoms with Crippen molar-refractivity contribution in [2.24, 2.45) is 5.73 Å². The van der Waals surface area contributed by atoms with E-state index in [1.807, 2.05) is 41.1 Å². The zero-order valence-corrected chi connectivity index (χ0v) is 13.3. The van der Waals surface area contributed by atoms with Crippen LogP contribution in [0.25, 0.3) is 5.69 Å². The average Bonchev–Trinajstić information content (AvgIpc) is 2.99. The molecule has 1 aromatic heterocycles. The molecule has 0 aliphatic heterocycles. The van der Waals surface area contributed by atoms with Gasteiger partial charge in [0.25, 0.3) is 0 Å². The van der Waals surface area contributed by atoms with Gasteiger partial charge in [-0.15, -0.1) is 0 Å². The molecule has 3 nitrogen and oxygen atoms in total. The van der Waals surface area contributed by atoms with Crippen molar-refractivity contribution < 1.29 is 0 Å². The highest BCUT2D eigenvalue weighted by molar-refractivity contribution is 9.10. The lowest BCUT2D eigenvalue weighted by atomic mass is 10.0. The summed E-state index contributed by atoms with van der Waals surface area (Å²) in [6.07, 6.45) is 1.78. The molecule has 21 heavy (non-hydrogen) atoms. The maximum Gasteiger partial charge on any atom is 0.0728 e. The fourth-order valence-electron chi connectivity index (χ4n) is 2.31. The van der Waals surface area contributed by atoms with E-state index in [0.29, 0.717) is 0 Å². The van der Waals surface area contributed by atoms with Crippen molar-refractivity contribution in [3.05, 3.63) is 82.1 Å². The van der Waals surface area contributed by atoms with Crippen molar-refractivity contribution in [2.45, 2.75) is 13.0 Å². The minimum atomic E-state index is -0.218. The largest absolute Gasteiger partial charge is 0.319 e. The molecule has 0 aliphatic carbocycles. The van der Waals surface area contributed by atoms with Crippen molar-refractivity contribution in [3.8, 4) is 5.69 Å².